The number of aromatic nitrogens is 2. The van der Waals surface area contributed by atoms with E-state index < -0.39 is 17.9 Å². The lowest BCUT2D eigenvalue weighted by Gasteiger charge is -2.32. The number of amides is 2. The summed E-state index contributed by atoms with van der Waals surface area (Å²) >= 11 is 12.4. The van der Waals surface area contributed by atoms with E-state index in [2.05, 4.69) is 15.7 Å². The number of hydrogen-bond donors (Lipinski definition) is 2. The summed E-state index contributed by atoms with van der Waals surface area (Å²) in [4.78, 5) is 26.3. The second kappa shape index (κ2) is 8.96. The van der Waals surface area contributed by atoms with Crippen LogP contribution in [0.1, 0.15) is 33.1 Å². The van der Waals surface area contributed by atoms with Crippen molar-refractivity contribution in [3.63, 3.8) is 0 Å². The van der Waals surface area contributed by atoms with Crippen molar-refractivity contribution in [3.05, 3.63) is 68.8 Å². The fraction of sp³-hybridized carbons (Fsp3) is 0.261. The van der Waals surface area contributed by atoms with Crippen LogP contribution in [-0.4, -0.2) is 41.9 Å². The van der Waals surface area contributed by atoms with Crippen molar-refractivity contribution < 1.29 is 19.1 Å². The third-order valence-corrected chi connectivity index (χ3v) is 6.41. The molecule has 172 valence electrons. The third-order valence-electron chi connectivity index (χ3n) is 5.67. The summed E-state index contributed by atoms with van der Waals surface area (Å²) in [5.74, 6) is 0.145. The molecule has 2 aromatic carbocycles. The molecule has 0 aliphatic carbocycles. The van der Waals surface area contributed by atoms with E-state index in [-0.39, 0.29) is 5.91 Å². The molecule has 1 aliphatic rings. The smallest absolute Gasteiger partial charge is 0.252 e. The van der Waals surface area contributed by atoms with Gasteiger partial charge < -0.3 is 20.1 Å². The van der Waals surface area contributed by atoms with Gasteiger partial charge in [0.25, 0.3) is 5.91 Å². The molecule has 2 N–H and O–H groups in total. The highest BCUT2D eigenvalue weighted by molar-refractivity contribution is 6.42. The Morgan fingerprint density at radius 1 is 1.09 bits per heavy atom. The number of fused-ring (bicyclic) bond motifs is 1. The van der Waals surface area contributed by atoms with Crippen molar-refractivity contribution in [1.29, 1.82) is 0 Å². The molecule has 8 nitrogen and oxygen atoms in total. The molecule has 0 fully saturated rings. The van der Waals surface area contributed by atoms with Gasteiger partial charge >= 0.3 is 0 Å². The van der Waals surface area contributed by atoms with Crippen LogP contribution in [0.2, 0.25) is 10.0 Å². The minimum atomic E-state index is -0.918. The van der Waals surface area contributed by atoms with Crippen LogP contribution in [0, 0.1) is 6.92 Å². The van der Waals surface area contributed by atoms with Crippen molar-refractivity contribution in [1.82, 2.24) is 15.1 Å². The molecular weight excluding hydrogens is 467 g/mol. The van der Waals surface area contributed by atoms with Crippen LogP contribution in [0.3, 0.4) is 0 Å². The Morgan fingerprint density at radius 3 is 2.48 bits per heavy atom. The Bertz CT molecular complexity index is 1260. The van der Waals surface area contributed by atoms with Crippen molar-refractivity contribution in [2.24, 2.45) is 7.05 Å². The van der Waals surface area contributed by atoms with E-state index in [1.165, 1.54) is 14.2 Å². The minimum Gasteiger partial charge on any atom is -0.493 e. The van der Waals surface area contributed by atoms with Gasteiger partial charge in [0, 0.05) is 24.1 Å². The SMILES string of the molecule is COc1ccc(C(=O)NC2C(=O)Nc3c(c(C)nn3C)C2c2ccc(Cl)c(Cl)c2)cc1OC. The van der Waals surface area contributed by atoms with Crippen molar-refractivity contribution in [2.75, 3.05) is 19.5 Å². The van der Waals surface area contributed by atoms with Gasteiger partial charge in [0.05, 0.1) is 30.0 Å². The largest absolute Gasteiger partial charge is 0.493 e. The molecule has 0 bridgehead atoms. The molecule has 1 aromatic heterocycles. The molecule has 0 spiro atoms. The number of rotatable bonds is 5. The second-order valence-electron chi connectivity index (χ2n) is 7.63. The maximum absolute atomic E-state index is 13.2. The van der Waals surface area contributed by atoms with Gasteiger partial charge in [0.15, 0.2) is 11.5 Å². The summed E-state index contributed by atoms with van der Waals surface area (Å²) in [7, 11) is 4.75. The summed E-state index contributed by atoms with van der Waals surface area (Å²) in [5, 5.41) is 10.9. The van der Waals surface area contributed by atoms with Crippen molar-refractivity contribution in [2.45, 2.75) is 18.9 Å². The van der Waals surface area contributed by atoms with E-state index in [0.717, 1.165) is 16.8 Å². The molecule has 2 atom stereocenters. The number of anilines is 1. The van der Waals surface area contributed by atoms with Crippen LogP contribution in [0.4, 0.5) is 5.82 Å². The highest BCUT2D eigenvalue weighted by Crippen LogP contribution is 2.41. The van der Waals surface area contributed by atoms with Gasteiger partial charge in [-0.1, -0.05) is 29.3 Å². The first-order valence-corrected chi connectivity index (χ1v) is 10.8. The van der Waals surface area contributed by atoms with E-state index in [9.17, 15) is 9.59 Å². The predicted molar refractivity (Wildman–Crippen MR) is 126 cm³/mol. The van der Waals surface area contributed by atoms with Gasteiger partial charge in [-0.15, -0.1) is 0 Å². The summed E-state index contributed by atoms with van der Waals surface area (Å²) in [6.07, 6.45) is 0. The number of benzene rings is 2. The van der Waals surface area contributed by atoms with Crippen molar-refractivity contribution in [3.8, 4) is 11.5 Å². The standard InChI is InChI=1S/C23H22Cl2N4O4/c1-11-18-19(12-5-7-14(24)15(25)9-12)20(23(31)27-21(18)29(2)28-11)26-22(30)13-6-8-16(32-3)17(10-13)33-4/h5-10,19-20H,1-4H3,(H,26,30)(H,27,31). The number of methoxy groups -OCH3 is 2. The maximum atomic E-state index is 13.2. The van der Waals surface area contributed by atoms with Gasteiger partial charge in [-0.2, -0.15) is 5.10 Å². The van der Waals surface area contributed by atoms with Crippen LogP contribution in [-0.2, 0) is 11.8 Å². The number of carbonyl (C=O) groups excluding carboxylic acids is 2. The number of aryl methyl sites for hydroxylation is 2. The summed E-state index contributed by atoms with van der Waals surface area (Å²) in [6.45, 7) is 1.86. The van der Waals surface area contributed by atoms with Crippen LogP contribution in [0.5, 0.6) is 11.5 Å². The zero-order valence-electron chi connectivity index (χ0n) is 18.4. The normalized spacial score (nSPS) is 17.2. The highest BCUT2D eigenvalue weighted by Gasteiger charge is 2.41. The molecule has 0 saturated heterocycles. The Labute approximate surface area is 200 Å². The summed E-state index contributed by atoms with van der Waals surface area (Å²) in [6, 6.07) is 9.05. The molecular formula is C23H22Cl2N4O4. The average Bonchev–Trinajstić information content (AvgIpc) is 3.08. The first kappa shape index (κ1) is 22.9. The fourth-order valence-corrected chi connectivity index (χ4v) is 4.43. The van der Waals surface area contributed by atoms with Gasteiger partial charge in [0.2, 0.25) is 5.91 Å². The first-order valence-electron chi connectivity index (χ1n) is 10.1. The van der Waals surface area contributed by atoms with Crippen LogP contribution in [0.25, 0.3) is 0 Å². The zero-order chi connectivity index (χ0) is 23.9. The number of carbonyl (C=O) groups is 2. The third kappa shape index (κ3) is 4.12. The van der Waals surface area contributed by atoms with E-state index >= 15 is 0 Å². The summed E-state index contributed by atoms with van der Waals surface area (Å²) < 4.78 is 12.1. The monoisotopic (exact) mass is 488 g/mol. The lowest BCUT2D eigenvalue weighted by molar-refractivity contribution is -0.118. The van der Waals surface area contributed by atoms with Gasteiger partial charge in [-0.05, 0) is 42.8 Å². The molecule has 0 radical (unpaired) electrons. The first-order chi connectivity index (χ1) is 15.7. The van der Waals surface area contributed by atoms with Crippen molar-refractivity contribution >= 4 is 40.8 Å². The zero-order valence-corrected chi connectivity index (χ0v) is 19.9. The van der Waals surface area contributed by atoms with Crippen LogP contribution < -0.4 is 20.1 Å². The molecule has 0 saturated carbocycles. The van der Waals surface area contributed by atoms with E-state index in [4.69, 9.17) is 32.7 Å². The Balaban J connectivity index is 1.77. The average molecular weight is 489 g/mol. The molecule has 33 heavy (non-hydrogen) atoms. The van der Waals surface area contributed by atoms with Crippen LogP contribution in [0.15, 0.2) is 36.4 Å². The Morgan fingerprint density at radius 2 is 1.82 bits per heavy atom. The molecule has 2 amide bonds. The molecule has 4 rings (SSSR count). The lowest BCUT2D eigenvalue weighted by Crippen LogP contribution is -2.50. The molecule has 2 unspecified atom stereocenters. The highest BCUT2D eigenvalue weighted by atomic mass is 35.5. The predicted octanol–water partition coefficient (Wildman–Crippen LogP) is 3.94. The number of hydrogen-bond acceptors (Lipinski definition) is 5. The molecule has 2 heterocycles. The van der Waals surface area contributed by atoms with Gasteiger partial charge in [-0.25, -0.2) is 0 Å². The number of nitrogens with zero attached hydrogens (tertiary/aromatic N) is 2. The van der Waals surface area contributed by atoms with E-state index in [1.54, 1.807) is 48.1 Å². The summed E-state index contributed by atoms with van der Waals surface area (Å²) in [5.41, 5.74) is 2.58. The molecule has 10 heteroatoms. The fourth-order valence-electron chi connectivity index (χ4n) is 4.12. The Kier molecular flexibility index (Phi) is 6.23. The Hall–Kier alpha value is -3.23. The maximum Gasteiger partial charge on any atom is 0.252 e. The number of halogens is 2. The second-order valence-corrected chi connectivity index (χ2v) is 8.45. The topological polar surface area (TPSA) is 94.5 Å². The van der Waals surface area contributed by atoms with Gasteiger partial charge in [0.1, 0.15) is 11.9 Å². The molecule has 1 aliphatic heterocycles. The van der Waals surface area contributed by atoms with E-state index in [0.29, 0.717) is 32.9 Å². The number of ether oxygens (including phenoxy) is 2. The minimum absolute atomic E-state index is 0.321. The van der Waals surface area contributed by atoms with Crippen LogP contribution >= 0.6 is 23.2 Å². The number of nitrogens with one attached hydrogen (secondary N) is 2. The lowest BCUT2D eigenvalue weighted by atomic mass is 9.82. The quantitative estimate of drug-likeness (QED) is 0.567. The van der Waals surface area contributed by atoms with E-state index in [1.807, 2.05) is 6.92 Å². The van der Waals surface area contributed by atoms with Gasteiger partial charge in [-0.3, -0.25) is 14.3 Å². The molecule has 3 aromatic rings.